The molecule has 6 nitrogen and oxygen atoms in total. The Hall–Kier alpha value is -1.41. The number of carboxylic acids is 1. The Labute approximate surface area is 148 Å². The van der Waals surface area contributed by atoms with Gasteiger partial charge in [0.2, 0.25) is 0 Å². The summed E-state index contributed by atoms with van der Waals surface area (Å²) >= 11 is 0. The first kappa shape index (κ1) is 18.4. The van der Waals surface area contributed by atoms with Crippen molar-refractivity contribution in [2.45, 2.75) is 63.1 Å². The third kappa shape index (κ3) is 3.90. The molecule has 0 amide bonds. The number of fused-ring (bicyclic) bond motifs is 1. The molecule has 0 radical (unpaired) electrons. The van der Waals surface area contributed by atoms with Crippen LogP contribution in [0.4, 0.5) is 0 Å². The minimum Gasteiger partial charge on any atom is -0.480 e. The van der Waals surface area contributed by atoms with Crippen LogP contribution in [0.2, 0.25) is 6.32 Å². The maximum atomic E-state index is 11.8. The van der Waals surface area contributed by atoms with E-state index < -0.39 is 18.6 Å². The van der Waals surface area contributed by atoms with E-state index in [4.69, 9.17) is 15.8 Å². The molecule has 0 bridgehead atoms. The smallest absolute Gasteiger partial charge is 0.451 e. The highest BCUT2D eigenvalue weighted by molar-refractivity contribution is 6.40. The van der Waals surface area contributed by atoms with E-state index in [0.29, 0.717) is 25.3 Å². The van der Waals surface area contributed by atoms with Gasteiger partial charge in [0.1, 0.15) is 5.54 Å². The van der Waals surface area contributed by atoms with Gasteiger partial charge in [-0.1, -0.05) is 37.1 Å². The lowest BCUT2D eigenvalue weighted by Gasteiger charge is -2.48. The van der Waals surface area contributed by atoms with Crippen molar-refractivity contribution in [1.29, 1.82) is 0 Å². The maximum Gasteiger partial charge on any atom is 0.451 e. The van der Waals surface area contributed by atoms with Crippen molar-refractivity contribution in [3.8, 4) is 0 Å². The first-order valence-corrected chi connectivity index (χ1v) is 9.09. The van der Waals surface area contributed by atoms with E-state index >= 15 is 0 Å². The third-order valence-electron chi connectivity index (χ3n) is 5.92. The van der Waals surface area contributed by atoms with Crippen LogP contribution in [0, 0.1) is 5.92 Å². The molecule has 1 aliphatic heterocycles. The Bertz CT molecular complexity index is 596. The summed E-state index contributed by atoms with van der Waals surface area (Å²) < 4.78 is 0. The molecule has 5 N–H and O–H groups in total. The van der Waals surface area contributed by atoms with Gasteiger partial charge in [0.05, 0.1) is 0 Å². The van der Waals surface area contributed by atoms with Crippen LogP contribution < -0.4 is 5.73 Å². The van der Waals surface area contributed by atoms with E-state index in [-0.39, 0.29) is 12.2 Å². The van der Waals surface area contributed by atoms with Gasteiger partial charge in [0.15, 0.2) is 0 Å². The van der Waals surface area contributed by atoms with Gasteiger partial charge >= 0.3 is 13.1 Å². The molecule has 7 heteroatoms. The van der Waals surface area contributed by atoms with Gasteiger partial charge in [-0.2, -0.15) is 0 Å². The highest BCUT2D eigenvalue weighted by atomic mass is 16.4. The summed E-state index contributed by atoms with van der Waals surface area (Å²) in [6, 6.07) is 8.84. The number of nitrogens with two attached hydrogens (primary N) is 1. The Kier molecular flexibility index (Phi) is 5.48. The Morgan fingerprint density at radius 1 is 1.20 bits per heavy atom. The van der Waals surface area contributed by atoms with Crippen molar-refractivity contribution < 1.29 is 19.9 Å². The van der Waals surface area contributed by atoms with Crippen molar-refractivity contribution in [2.24, 2.45) is 11.7 Å². The zero-order valence-electron chi connectivity index (χ0n) is 14.5. The predicted octanol–water partition coefficient (Wildman–Crippen LogP) is 1.21. The monoisotopic (exact) mass is 346 g/mol. The number of nitrogens with zero attached hydrogens (tertiary/aromatic N) is 1. The summed E-state index contributed by atoms with van der Waals surface area (Å²) in [5, 5.41) is 27.4. The fourth-order valence-corrected chi connectivity index (χ4v) is 4.15. The van der Waals surface area contributed by atoms with E-state index in [0.717, 1.165) is 25.9 Å². The molecular weight excluding hydrogens is 319 g/mol. The summed E-state index contributed by atoms with van der Waals surface area (Å²) in [6.45, 7) is 1.87. The summed E-state index contributed by atoms with van der Waals surface area (Å²) in [5.74, 6) is -0.956. The number of benzene rings is 1. The van der Waals surface area contributed by atoms with Gasteiger partial charge in [0, 0.05) is 19.1 Å². The fraction of sp³-hybridized carbons (Fsp3) is 0.611. The second-order valence-corrected chi connectivity index (χ2v) is 7.57. The second kappa shape index (κ2) is 7.46. The molecule has 0 aromatic heterocycles. The summed E-state index contributed by atoms with van der Waals surface area (Å²) in [5.41, 5.74) is 7.79. The van der Waals surface area contributed by atoms with Gasteiger partial charge in [-0.3, -0.25) is 9.69 Å². The summed E-state index contributed by atoms with van der Waals surface area (Å²) in [4.78, 5) is 14.2. The topological polar surface area (TPSA) is 107 Å². The largest absolute Gasteiger partial charge is 0.480 e. The number of rotatable bonds is 8. The molecule has 0 saturated heterocycles. The van der Waals surface area contributed by atoms with Crippen molar-refractivity contribution in [2.75, 3.05) is 0 Å². The average Bonchev–Trinajstić information content (AvgIpc) is 2.93. The van der Waals surface area contributed by atoms with E-state index in [1.165, 1.54) is 11.1 Å². The molecule has 1 fully saturated rings. The molecule has 3 rings (SSSR count). The zero-order chi connectivity index (χ0) is 18.0. The number of carbonyl (C=O) groups is 1. The second-order valence-electron chi connectivity index (χ2n) is 7.57. The highest BCUT2D eigenvalue weighted by Gasteiger charge is 2.49. The third-order valence-corrected chi connectivity index (χ3v) is 5.92. The SMILES string of the molecule is NC(CCCCB(O)O)(C(=O)O)C1CC(N2Cc3ccccc3C2)C1. The Morgan fingerprint density at radius 3 is 2.32 bits per heavy atom. The molecule has 25 heavy (non-hydrogen) atoms. The molecule has 1 aromatic rings. The molecule has 1 aliphatic carbocycles. The quantitative estimate of drug-likeness (QED) is 0.416. The average molecular weight is 346 g/mol. The highest BCUT2D eigenvalue weighted by Crippen LogP contribution is 2.43. The van der Waals surface area contributed by atoms with E-state index in [1.54, 1.807) is 0 Å². The number of carboxylic acid groups (broad SMARTS) is 1. The molecule has 136 valence electrons. The van der Waals surface area contributed by atoms with Gasteiger partial charge < -0.3 is 20.9 Å². The van der Waals surface area contributed by atoms with Crippen molar-refractivity contribution in [3.05, 3.63) is 35.4 Å². The molecule has 1 aromatic carbocycles. The van der Waals surface area contributed by atoms with E-state index in [2.05, 4.69) is 29.2 Å². The molecule has 0 spiro atoms. The minimum absolute atomic E-state index is 0.0160. The normalized spacial score (nSPS) is 25.1. The molecule has 1 heterocycles. The number of aliphatic carboxylic acids is 1. The fourth-order valence-electron chi connectivity index (χ4n) is 4.15. The molecule has 1 atom stereocenters. The van der Waals surface area contributed by atoms with E-state index in [9.17, 15) is 9.90 Å². The van der Waals surface area contributed by atoms with Gasteiger partial charge in [-0.15, -0.1) is 0 Å². The molecular formula is C18H27BN2O4. The first-order chi connectivity index (χ1) is 11.9. The van der Waals surface area contributed by atoms with Crippen molar-refractivity contribution >= 4 is 13.1 Å². The Morgan fingerprint density at radius 2 is 1.80 bits per heavy atom. The van der Waals surface area contributed by atoms with Crippen LogP contribution in [-0.4, -0.2) is 44.7 Å². The standard InChI is InChI=1S/C18H27BN2O4/c20-18(17(22)23,7-3-4-8-19(24)25)15-9-16(10-15)21-11-13-5-1-2-6-14(13)12-21/h1-2,5-6,15-16,24-25H,3-4,7-12,20H2,(H,22,23). The minimum atomic E-state index is -1.33. The van der Waals surface area contributed by atoms with Crippen molar-refractivity contribution in [1.82, 2.24) is 4.90 Å². The lowest BCUT2D eigenvalue weighted by Crippen LogP contribution is -2.61. The summed E-state index contributed by atoms with van der Waals surface area (Å²) in [7, 11) is -1.33. The molecule has 2 aliphatic rings. The van der Waals surface area contributed by atoms with Crippen LogP contribution >= 0.6 is 0 Å². The van der Waals surface area contributed by atoms with Crippen molar-refractivity contribution in [3.63, 3.8) is 0 Å². The van der Waals surface area contributed by atoms with E-state index in [1.807, 2.05) is 0 Å². The lowest BCUT2D eigenvalue weighted by atomic mass is 9.65. The first-order valence-electron chi connectivity index (χ1n) is 9.09. The Balaban J connectivity index is 1.51. The number of hydrogen-bond donors (Lipinski definition) is 4. The summed E-state index contributed by atoms with van der Waals surface area (Å²) in [6.07, 6.45) is 3.44. The van der Waals surface area contributed by atoms with Crippen LogP contribution in [0.15, 0.2) is 24.3 Å². The van der Waals surface area contributed by atoms with Gasteiger partial charge in [0.25, 0.3) is 0 Å². The number of unbranched alkanes of at least 4 members (excludes halogenated alkanes) is 1. The molecule has 1 saturated carbocycles. The number of hydrogen-bond acceptors (Lipinski definition) is 5. The zero-order valence-corrected chi connectivity index (χ0v) is 14.5. The van der Waals surface area contributed by atoms with Crippen LogP contribution in [0.25, 0.3) is 0 Å². The van der Waals surface area contributed by atoms with Crippen LogP contribution in [-0.2, 0) is 17.9 Å². The molecule has 1 unspecified atom stereocenters. The van der Waals surface area contributed by atoms with Crippen LogP contribution in [0.3, 0.4) is 0 Å². The van der Waals surface area contributed by atoms with Crippen LogP contribution in [0.5, 0.6) is 0 Å². The lowest BCUT2D eigenvalue weighted by molar-refractivity contribution is -0.149. The van der Waals surface area contributed by atoms with Gasteiger partial charge in [-0.05, 0) is 42.6 Å². The predicted molar refractivity (Wildman–Crippen MR) is 95.6 cm³/mol. The van der Waals surface area contributed by atoms with Gasteiger partial charge in [-0.25, -0.2) is 0 Å². The maximum absolute atomic E-state index is 11.8. The van der Waals surface area contributed by atoms with Crippen LogP contribution in [0.1, 0.15) is 43.2 Å².